The lowest BCUT2D eigenvalue weighted by molar-refractivity contribution is -0.123. The van der Waals surface area contributed by atoms with Gasteiger partial charge in [0, 0.05) is 15.6 Å². The third-order valence-corrected chi connectivity index (χ3v) is 6.20. The molecule has 0 spiro atoms. The normalized spacial score (nSPS) is 14.4. The summed E-state index contributed by atoms with van der Waals surface area (Å²) in [7, 11) is 1.23. The molecule has 180 valence electrons. The van der Waals surface area contributed by atoms with Crippen LogP contribution in [0.3, 0.4) is 0 Å². The van der Waals surface area contributed by atoms with Crippen molar-refractivity contribution in [2.45, 2.75) is 13.2 Å². The highest BCUT2D eigenvalue weighted by Crippen LogP contribution is 2.29. The number of methoxy groups -OCH3 is 1. The van der Waals surface area contributed by atoms with Crippen LogP contribution in [0.2, 0.25) is 10.0 Å². The standard InChI is InChI=1S/C24H17BrCl2N2O6/c1-33-23(31)21-7-5-16(35-21)11-29-22(30)19(28-24(29)32)9-13-2-6-20(17(25)8-13)34-12-14-3-4-15(26)10-18(14)27/h2-10H,11-12H2,1H3,(H,28,32)/b19-9-. The second-order valence-electron chi connectivity index (χ2n) is 7.35. The van der Waals surface area contributed by atoms with Crippen LogP contribution < -0.4 is 10.1 Å². The third-order valence-electron chi connectivity index (χ3n) is 4.99. The highest BCUT2D eigenvalue weighted by atomic mass is 79.9. The Morgan fingerprint density at radius 3 is 2.66 bits per heavy atom. The van der Waals surface area contributed by atoms with Crippen molar-refractivity contribution in [1.29, 1.82) is 0 Å². The second kappa shape index (κ2) is 10.6. The number of halogens is 3. The fourth-order valence-electron chi connectivity index (χ4n) is 3.23. The van der Waals surface area contributed by atoms with Crippen molar-refractivity contribution in [3.8, 4) is 5.75 Å². The third kappa shape index (κ3) is 5.70. The van der Waals surface area contributed by atoms with Gasteiger partial charge < -0.3 is 19.2 Å². The zero-order chi connectivity index (χ0) is 25.1. The van der Waals surface area contributed by atoms with E-state index in [0.717, 1.165) is 10.5 Å². The van der Waals surface area contributed by atoms with Gasteiger partial charge in [0.2, 0.25) is 5.76 Å². The SMILES string of the molecule is COC(=O)c1ccc(CN2C(=O)N/C(=C\c3ccc(OCc4ccc(Cl)cc4Cl)c(Br)c3)C2=O)o1. The molecule has 1 aliphatic heterocycles. The van der Waals surface area contributed by atoms with E-state index in [1.165, 1.54) is 19.2 Å². The average molecular weight is 580 g/mol. The van der Waals surface area contributed by atoms with Crippen molar-refractivity contribution >= 4 is 63.1 Å². The van der Waals surface area contributed by atoms with E-state index in [2.05, 4.69) is 26.0 Å². The van der Waals surface area contributed by atoms with Crippen LogP contribution >= 0.6 is 39.1 Å². The summed E-state index contributed by atoms with van der Waals surface area (Å²) in [6.07, 6.45) is 1.55. The monoisotopic (exact) mass is 578 g/mol. The predicted molar refractivity (Wildman–Crippen MR) is 132 cm³/mol. The van der Waals surface area contributed by atoms with Crippen molar-refractivity contribution < 1.29 is 28.3 Å². The molecule has 1 N–H and O–H groups in total. The molecule has 11 heteroatoms. The highest BCUT2D eigenvalue weighted by molar-refractivity contribution is 9.10. The number of hydrogen-bond acceptors (Lipinski definition) is 6. The lowest BCUT2D eigenvalue weighted by atomic mass is 10.2. The maximum Gasteiger partial charge on any atom is 0.373 e. The summed E-state index contributed by atoms with van der Waals surface area (Å²) >= 11 is 15.6. The average Bonchev–Trinajstić information content (AvgIpc) is 3.39. The largest absolute Gasteiger partial charge is 0.488 e. The Kier molecular flexibility index (Phi) is 7.49. The zero-order valence-electron chi connectivity index (χ0n) is 18.1. The Bertz CT molecular complexity index is 1350. The van der Waals surface area contributed by atoms with E-state index >= 15 is 0 Å². The van der Waals surface area contributed by atoms with Crippen molar-refractivity contribution in [2.75, 3.05) is 7.11 Å². The molecule has 0 saturated carbocycles. The molecular weight excluding hydrogens is 563 g/mol. The van der Waals surface area contributed by atoms with Gasteiger partial charge in [-0.25, -0.2) is 9.59 Å². The first-order chi connectivity index (χ1) is 16.7. The Morgan fingerprint density at radius 2 is 1.94 bits per heavy atom. The number of carbonyl (C=O) groups excluding carboxylic acids is 3. The lowest BCUT2D eigenvalue weighted by Gasteiger charge is -2.10. The van der Waals surface area contributed by atoms with Gasteiger partial charge in [-0.3, -0.25) is 9.69 Å². The first kappa shape index (κ1) is 24.8. The molecule has 0 radical (unpaired) electrons. The van der Waals surface area contributed by atoms with E-state index in [0.29, 0.717) is 25.8 Å². The van der Waals surface area contributed by atoms with E-state index in [9.17, 15) is 14.4 Å². The zero-order valence-corrected chi connectivity index (χ0v) is 21.2. The minimum atomic E-state index is -0.650. The molecule has 0 atom stereocenters. The number of furan rings is 1. The summed E-state index contributed by atoms with van der Waals surface area (Å²) < 4.78 is 16.4. The smallest absolute Gasteiger partial charge is 0.373 e. The highest BCUT2D eigenvalue weighted by Gasteiger charge is 2.34. The van der Waals surface area contributed by atoms with E-state index < -0.39 is 17.9 Å². The molecule has 1 saturated heterocycles. The molecule has 0 bridgehead atoms. The minimum Gasteiger partial charge on any atom is -0.488 e. The summed E-state index contributed by atoms with van der Waals surface area (Å²) in [6.45, 7) is 0.103. The number of rotatable bonds is 7. The van der Waals surface area contributed by atoms with E-state index in [4.69, 9.17) is 32.4 Å². The van der Waals surface area contributed by atoms with Gasteiger partial charge in [0.25, 0.3) is 5.91 Å². The van der Waals surface area contributed by atoms with E-state index in [1.807, 2.05) is 0 Å². The van der Waals surface area contributed by atoms with Crippen LogP contribution in [0.5, 0.6) is 5.75 Å². The fraction of sp³-hybridized carbons (Fsp3) is 0.125. The molecule has 3 amide bonds. The maximum absolute atomic E-state index is 12.8. The Morgan fingerprint density at radius 1 is 1.14 bits per heavy atom. The van der Waals surface area contributed by atoms with Crippen LogP contribution in [0.15, 0.2) is 63.1 Å². The Balaban J connectivity index is 1.44. The van der Waals surface area contributed by atoms with Crippen molar-refractivity contribution in [1.82, 2.24) is 10.2 Å². The van der Waals surface area contributed by atoms with Crippen LogP contribution in [0.25, 0.3) is 6.08 Å². The van der Waals surface area contributed by atoms with Crippen LogP contribution in [0, 0.1) is 0 Å². The number of imide groups is 1. The molecular formula is C24H17BrCl2N2O6. The molecule has 8 nitrogen and oxygen atoms in total. The van der Waals surface area contributed by atoms with Gasteiger partial charge in [-0.2, -0.15) is 0 Å². The molecule has 2 heterocycles. The molecule has 1 fully saturated rings. The van der Waals surface area contributed by atoms with Crippen LogP contribution in [0.4, 0.5) is 4.79 Å². The first-order valence-electron chi connectivity index (χ1n) is 10.1. The maximum atomic E-state index is 12.8. The minimum absolute atomic E-state index is 0.0178. The number of ether oxygens (including phenoxy) is 2. The van der Waals surface area contributed by atoms with Gasteiger partial charge in [-0.1, -0.05) is 35.3 Å². The molecule has 3 aromatic rings. The van der Waals surface area contributed by atoms with E-state index in [1.54, 1.807) is 42.5 Å². The van der Waals surface area contributed by atoms with Crippen molar-refractivity contribution in [3.63, 3.8) is 0 Å². The number of nitrogens with zero attached hydrogens (tertiary/aromatic N) is 1. The number of hydrogen-bond donors (Lipinski definition) is 1. The number of carbonyl (C=O) groups is 3. The van der Waals surface area contributed by atoms with Gasteiger partial charge in [0.05, 0.1) is 18.1 Å². The lowest BCUT2D eigenvalue weighted by Crippen LogP contribution is -2.30. The summed E-state index contributed by atoms with van der Waals surface area (Å²) in [4.78, 5) is 37.6. The molecule has 2 aromatic carbocycles. The van der Waals surface area contributed by atoms with Crippen molar-refractivity contribution in [2.24, 2.45) is 0 Å². The fourth-order valence-corrected chi connectivity index (χ4v) is 4.20. The van der Waals surface area contributed by atoms with Gasteiger partial charge >= 0.3 is 12.0 Å². The number of nitrogens with one attached hydrogen (secondary N) is 1. The van der Waals surface area contributed by atoms with Gasteiger partial charge in [0.15, 0.2) is 0 Å². The first-order valence-corrected chi connectivity index (χ1v) is 11.7. The van der Waals surface area contributed by atoms with E-state index in [-0.39, 0.29) is 30.4 Å². The molecule has 35 heavy (non-hydrogen) atoms. The van der Waals surface area contributed by atoms with Gasteiger partial charge in [0.1, 0.15) is 23.8 Å². The van der Waals surface area contributed by atoms with Crippen LogP contribution in [0.1, 0.15) is 27.4 Å². The quantitative estimate of drug-likeness (QED) is 0.215. The number of urea groups is 1. The van der Waals surface area contributed by atoms with Gasteiger partial charge in [-0.05, 0) is 64.0 Å². The van der Waals surface area contributed by atoms with Crippen LogP contribution in [-0.4, -0.2) is 29.9 Å². The number of amides is 3. The molecule has 4 rings (SSSR count). The number of esters is 1. The predicted octanol–water partition coefficient (Wildman–Crippen LogP) is 5.81. The number of benzene rings is 2. The summed E-state index contributed by atoms with van der Waals surface area (Å²) in [5.74, 6) is -0.361. The Hall–Kier alpha value is -3.27. The molecule has 0 unspecified atom stereocenters. The summed E-state index contributed by atoms with van der Waals surface area (Å²) in [5.41, 5.74) is 1.54. The Labute approximate surface area is 218 Å². The second-order valence-corrected chi connectivity index (χ2v) is 9.05. The molecule has 1 aromatic heterocycles. The molecule has 1 aliphatic rings. The van der Waals surface area contributed by atoms with Crippen molar-refractivity contribution in [3.05, 3.63) is 91.4 Å². The summed E-state index contributed by atoms with van der Waals surface area (Å²) in [5, 5.41) is 3.59. The molecule has 0 aliphatic carbocycles. The summed E-state index contributed by atoms with van der Waals surface area (Å²) in [6, 6.07) is 12.7. The van der Waals surface area contributed by atoms with Gasteiger partial charge in [-0.15, -0.1) is 0 Å². The topological polar surface area (TPSA) is 98.1 Å². The van der Waals surface area contributed by atoms with Crippen LogP contribution in [-0.2, 0) is 22.7 Å².